The lowest BCUT2D eigenvalue weighted by Gasteiger charge is -2.21. The van der Waals surface area contributed by atoms with Crippen LogP contribution in [0.4, 0.5) is 5.69 Å². The quantitative estimate of drug-likeness (QED) is 0.880. The number of benzene rings is 2. The summed E-state index contributed by atoms with van der Waals surface area (Å²) in [5.41, 5.74) is 3.14. The van der Waals surface area contributed by atoms with Gasteiger partial charge in [-0.3, -0.25) is 9.59 Å². The Morgan fingerprint density at radius 3 is 2.52 bits per heavy atom. The first-order chi connectivity index (χ1) is 12.1. The minimum Gasteiger partial charge on any atom is -0.352 e. The molecule has 25 heavy (non-hydrogen) atoms. The molecular formula is C21H24N2O2. The van der Waals surface area contributed by atoms with Gasteiger partial charge in [0.05, 0.1) is 11.8 Å². The second-order valence-electron chi connectivity index (χ2n) is 6.57. The maximum atomic E-state index is 12.7. The van der Waals surface area contributed by atoms with Crippen molar-refractivity contribution in [2.24, 2.45) is 11.8 Å². The molecule has 0 aliphatic heterocycles. The van der Waals surface area contributed by atoms with Crippen LogP contribution in [0.2, 0.25) is 0 Å². The molecule has 1 N–H and O–H groups in total. The van der Waals surface area contributed by atoms with Gasteiger partial charge in [0.25, 0.3) is 0 Å². The van der Waals surface area contributed by atoms with Crippen LogP contribution in [-0.2, 0) is 16.1 Å². The van der Waals surface area contributed by atoms with Crippen molar-refractivity contribution in [1.29, 1.82) is 0 Å². The third kappa shape index (κ3) is 4.08. The number of anilines is 1. The third-order valence-electron chi connectivity index (χ3n) is 4.64. The fraction of sp³-hybridized carbons (Fsp3) is 0.333. The Balaban J connectivity index is 1.56. The Hall–Kier alpha value is -2.62. The van der Waals surface area contributed by atoms with Gasteiger partial charge in [0.1, 0.15) is 0 Å². The van der Waals surface area contributed by atoms with Crippen LogP contribution in [0, 0.1) is 18.8 Å². The lowest BCUT2D eigenvalue weighted by atomic mass is 10.1. The molecule has 3 rings (SSSR count). The molecule has 2 aromatic rings. The molecule has 1 aliphatic rings. The molecule has 2 atom stereocenters. The lowest BCUT2D eigenvalue weighted by Crippen LogP contribution is -2.34. The average Bonchev–Trinajstić information content (AvgIpc) is 3.42. The number of hydrogen-bond donors (Lipinski definition) is 1. The SMILES string of the molecule is CCN(C(=O)C1CC1C(=O)NCc1cccc(C)c1)c1ccccc1. The van der Waals surface area contributed by atoms with E-state index in [0.717, 1.165) is 11.3 Å². The van der Waals surface area contributed by atoms with E-state index in [1.165, 1.54) is 5.56 Å². The van der Waals surface area contributed by atoms with Crippen LogP contribution in [0.3, 0.4) is 0 Å². The van der Waals surface area contributed by atoms with E-state index in [0.29, 0.717) is 19.5 Å². The molecule has 0 bridgehead atoms. The summed E-state index contributed by atoms with van der Waals surface area (Å²) in [5.74, 6) is -0.374. The molecule has 4 nitrogen and oxygen atoms in total. The standard InChI is InChI=1S/C21H24N2O2/c1-3-23(17-10-5-4-6-11-17)21(25)19-13-18(19)20(24)22-14-16-9-7-8-15(2)12-16/h4-12,18-19H,3,13-14H2,1-2H3,(H,22,24). The maximum absolute atomic E-state index is 12.7. The van der Waals surface area contributed by atoms with E-state index < -0.39 is 0 Å². The van der Waals surface area contributed by atoms with Gasteiger partial charge in [0.2, 0.25) is 11.8 Å². The summed E-state index contributed by atoms with van der Waals surface area (Å²) < 4.78 is 0. The van der Waals surface area contributed by atoms with Crippen molar-refractivity contribution in [2.45, 2.75) is 26.8 Å². The van der Waals surface area contributed by atoms with E-state index in [2.05, 4.69) is 11.4 Å². The van der Waals surface area contributed by atoms with Crippen LogP contribution in [0.5, 0.6) is 0 Å². The number of aryl methyl sites for hydroxylation is 1. The Bertz CT molecular complexity index is 758. The summed E-state index contributed by atoms with van der Waals surface area (Å²) in [6.45, 7) is 5.11. The first-order valence-corrected chi connectivity index (χ1v) is 8.80. The van der Waals surface area contributed by atoms with E-state index in [1.807, 2.05) is 62.4 Å². The van der Waals surface area contributed by atoms with Gasteiger partial charge in [-0.25, -0.2) is 0 Å². The molecule has 1 fully saturated rings. The van der Waals surface area contributed by atoms with Crippen molar-refractivity contribution in [3.8, 4) is 0 Å². The largest absolute Gasteiger partial charge is 0.352 e. The summed E-state index contributed by atoms with van der Waals surface area (Å²) in [5, 5.41) is 2.96. The van der Waals surface area contributed by atoms with Gasteiger partial charge in [-0.2, -0.15) is 0 Å². The zero-order valence-electron chi connectivity index (χ0n) is 14.7. The number of rotatable bonds is 6. The Labute approximate surface area is 148 Å². The Morgan fingerprint density at radius 1 is 1.08 bits per heavy atom. The minimum absolute atomic E-state index is 0.0241. The highest BCUT2D eigenvalue weighted by Gasteiger charge is 2.49. The van der Waals surface area contributed by atoms with Gasteiger partial charge in [0.15, 0.2) is 0 Å². The number of carbonyl (C=O) groups excluding carboxylic acids is 2. The Morgan fingerprint density at radius 2 is 1.84 bits per heavy atom. The number of para-hydroxylation sites is 1. The van der Waals surface area contributed by atoms with Crippen LogP contribution in [0.1, 0.15) is 24.5 Å². The summed E-state index contributed by atoms with van der Waals surface area (Å²) >= 11 is 0. The van der Waals surface area contributed by atoms with Crippen LogP contribution in [0.25, 0.3) is 0 Å². The first-order valence-electron chi connectivity index (χ1n) is 8.80. The van der Waals surface area contributed by atoms with Gasteiger partial charge in [-0.05, 0) is 38.0 Å². The normalized spacial score (nSPS) is 18.5. The topological polar surface area (TPSA) is 49.4 Å². The van der Waals surface area contributed by atoms with E-state index >= 15 is 0 Å². The zero-order chi connectivity index (χ0) is 17.8. The molecule has 0 spiro atoms. The van der Waals surface area contributed by atoms with Crippen molar-refractivity contribution in [3.63, 3.8) is 0 Å². The smallest absolute Gasteiger partial charge is 0.230 e. The molecular weight excluding hydrogens is 312 g/mol. The number of carbonyl (C=O) groups is 2. The summed E-state index contributed by atoms with van der Waals surface area (Å²) in [6.07, 6.45) is 0.641. The third-order valence-corrected chi connectivity index (χ3v) is 4.64. The van der Waals surface area contributed by atoms with E-state index in [9.17, 15) is 9.59 Å². The van der Waals surface area contributed by atoms with E-state index in [-0.39, 0.29) is 23.7 Å². The summed E-state index contributed by atoms with van der Waals surface area (Å²) in [4.78, 5) is 26.8. The zero-order valence-corrected chi connectivity index (χ0v) is 14.7. The highest BCUT2D eigenvalue weighted by atomic mass is 16.2. The molecule has 1 saturated carbocycles. The molecule has 0 saturated heterocycles. The summed E-state index contributed by atoms with van der Waals surface area (Å²) in [7, 11) is 0. The first kappa shape index (κ1) is 17.2. The number of nitrogens with one attached hydrogen (secondary N) is 1. The van der Waals surface area contributed by atoms with E-state index in [1.54, 1.807) is 4.90 Å². The van der Waals surface area contributed by atoms with Crippen molar-refractivity contribution >= 4 is 17.5 Å². The molecule has 2 unspecified atom stereocenters. The minimum atomic E-state index is -0.199. The maximum Gasteiger partial charge on any atom is 0.230 e. The number of amides is 2. The lowest BCUT2D eigenvalue weighted by molar-refractivity contribution is -0.126. The second kappa shape index (κ2) is 7.51. The fourth-order valence-corrected chi connectivity index (χ4v) is 3.17. The summed E-state index contributed by atoms with van der Waals surface area (Å²) in [6, 6.07) is 17.7. The number of nitrogens with zero attached hydrogens (tertiary/aromatic N) is 1. The molecule has 4 heteroatoms. The second-order valence-corrected chi connectivity index (χ2v) is 6.57. The molecule has 1 aliphatic carbocycles. The van der Waals surface area contributed by atoms with Gasteiger partial charge < -0.3 is 10.2 Å². The fourth-order valence-electron chi connectivity index (χ4n) is 3.17. The molecule has 0 aromatic heterocycles. The highest BCUT2D eigenvalue weighted by Crippen LogP contribution is 2.41. The van der Waals surface area contributed by atoms with Gasteiger partial charge >= 0.3 is 0 Å². The van der Waals surface area contributed by atoms with Crippen LogP contribution >= 0.6 is 0 Å². The molecule has 130 valence electrons. The van der Waals surface area contributed by atoms with Gasteiger partial charge in [-0.1, -0.05) is 48.0 Å². The van der Waals surface area contributed by atoms with Gasteiger partial charge in [-0.15, -0.1) is 0 Å². The predicted octanol–water partition coefficient (Wildman–Crippen LogP) is 3.30. The highest BCUT2D eigenvalue weighted by molar-refractivity contribution is 6.01. The molecule has 0 radical (unpaired) electrons. The van der Waals surface area contributed by atoms with Crippen LogP contribution in [0.15, 0.2) is 54.6 Å². The molecule has 0 heterocycles. The molecule has 2 amide bonds. The van der Waals surface area contributed by atoms with Crippen molar-refractivity contribution < 1.29 is 9.59 Å². The van der Waals surface area contributed by atoms with E-state index in [4.69, 9.17) is 0 Å². The molecule has 2 aromatic carbocycles. The predicted molar refractivity (Wildman–Crippen MR) is 99.1 cm³/mol. The van der Waals surface area contributed by atoms with Crippen molar-refractivity contribution in [3.05, 3.63) is 65.7 Å². The number of hydrogen-bond acceptors (Lipinski definition) is 2. The van der Waals surface area contributed by atoms with Crippen molar-refractivity contribution in [1.82, 2.24) is 5.32 Å². The van der Waals surface area contributed by atoms with Crippen LogP contribution in [-0.4, -0.2) is 18.4 Å². The monoisotopic (exact) mass is 336 g/mol. The van der Waals surface area contributed by atoms with Crippen LogP contribution < -0.4 is 10.2 Å². The average molecular weight is 336 g/mol. The van der Waals surface area contributed by atoms with Crippen molar-refractivity contribution in [2.75, 3.05) is 11.4 Å². The Kier molecular flexibility index (Phi) is 5.17. The van der Waals surface area contributed by atoms with Gasteiger partial charge in [0, 0.05) is 18.8 Å².